The van der Waals surface area contributed by atoms with E-state index in [2.05, 4.69) is 36.6 Å². The lowest BCUT2D eigenvalue weighted by atomic mass is 10.3. The standard InChI is InChI=1S/C12H8Br2ClNO2S/c13-11-6-3-9(7-12(11)14)16-19(17,18)10-4-1-8(15)2-5-10/h1-7,16H. The van der Waals surface area contributed by atoms with Crippen LogP contribution < -0.4 is 4.72 Å². The molecule has 2 rings (SSSR count). The summed E-state index contributed by atoms with van der Waals surface area (Å²) in [5.41, 5.74) is 0.477. The lowest BCUT2D eigenvalue weighted by Gasteiger charge is -2.09. The molecule has 0 bridgehead atoms. The normalized spacial score (nSPS) is 11.3. The van der Waals surface area contributed by atoms with E-state index in [0.29, 0.717) is 10.7 Å². The van der Waals surface area contributed by atoms with Crippen LogP contribution in [0.2, 0.25) is 5.02 Å². The van der Waals surface area contributed by atoms with E-state index in [0.717, 1.165) is 8.95 Å². The van der Waals surface area contributed by atoms with Gasteiger partial charge in [0, 0.05) is 14.0 Å². The Morgan fingerprint density at radius 1 is 0.947 bits per heavy atom. The van der Waals surface area contributed by atoms with Crippen LogP contribution in [0.3, 0.4) is 0 Å². The summed E-state index contributed by atoms with van der Waals surface area (Å²) in [6.07, 6.45) is 0. The highest BCUT2D eigenvalue weighted by molar-refractivity contribution is 9.13. The quantitative estimate of drug-likeness (QED) is 0.777. The van der Waals surface area contributed by atoms with Crippen LogP contribution in [-0.2, 0) is 10.0 Å². The summed E-state index contributed by atoms with van der Waals surface area (Å²) in [5, 5.41) is 0.491. The first-order valence-corrected chi connectivity index (χ1v) is 8.57. The van der Waals surface area contributed by atoms with Crippen molar-refractivity contribution in [1.82, 2.24) is 0 Å². The molecule has 7 heteroatoms. The van der Waals surface area contributed by atoms with Crippen molar-refractivity contribution in [2.45, 2.75) is 4.90 Å². The highest BCUT2D eigenvalue weighted by Crippen LogP contribution is 2.27. The number of nitrogens with one attached hydrogen (secondary N) is 1. The predicted molar refractivity (Wildman–Crippen MR) is 84.1 cm³/mol. The van der Waals surface area contributed by atoms with Crippen LogP contribution in [0.15, 0.2) is 56.3 Å². The predicted octanol–water partition coefficient (Wildman–Crippen LogP) is 4.67. The van der Waals surface area contributed by atoms with E-state index < -0.39 is 10.0 Å². The van der Waals surface area contributed by atoms with E-state index in [1.54, 1.807) is 18.2 Å². The maximum atomic E-state index is 12.1. The van der Waals surface area contributed by atoms with E-state index in [9.17, 15) is 8.42 Å². The second-order valence-corrected chi connectivity index (χ2v) is 7.52. The first-order chi connectivity index (χ1) is 8.88. The second-order valence-electron chi connectivity index (χ2n) is 3.69. The second kappa shape index (κ2) is 5.83. The van der Waals surface area contributed by atoms with Gasteiger partial charge in [-0.25, -0.2) is 8.42 Å². The summed E-state index contributed by atoms with van der Waals surface area (Å²) in [4.78, 5) is 0.163. The number of benzene rings is 2. The molecule has 2 aromatic carbocycles. The fourth-order valence-electron chi connectivity index (χ4n) is 1.39. The lowest BCUT2D eigenvalue weighted by molar-refractivity contribution is 0.601. The minimum absolute atomic E-state index is 0.163. The molecule has 0 atom stereocenters. The van der Waals surface area contributed by atoms with E-state index in [1.165, 1.54) is 24.3 Å². The molecule has 100 valence electrons. The van der Waals surface area contributed by atoms with Gasteiger partial charge in [-0.05, 0) is 74.3 Å². The van der Waals surface area contributed by atoms with E-state index >= 15 is 0 Å². The van der Waals surface area contributed by atoms with Crippen molar-refractivity contribution < 1.29 is 8.42 Å². The van der Waals surface area contributed by atoms with Crippen molar-refractivity contribution in [2.24, 2.45) is 0 Å². The maximum absolute atomic E-state index is 12.1. The minimum atomic E-state index is -3.60. The zero-order valence-electron chi connectivity index (χ0n) is 9.40. The number of halogens is 3. The van der Waals surface area contributed by atoms with Crippen LogP contribution in [0.25, 0.3) is 0 Å². The molecule has 0 unspecified atom stereocenters. The molecular weight excluding hydrogens is 417 g/mol. The molecule has 2 aromatic rings. The number of hydrogen-bond acceptors (Lipinski definition) is 2. The summed E-state index contributed by atoms with van der Waals surface area (Å²) >= 11 is 12.4. The molecule has 0 aliphatic carbocycles. The monoisotopic (exact) mass is 423 g/mol. The Morgan fingerprint density at radius 3 is 2.16 bits per heavy atom. The van der Waals surface area contributed by atoms with E-state index in [-0.39, 0.29) is 4.90 Å². The maximum Gasteiger partial charge on any atom is 0.261 e. The number of sulfonamides is 1. The summed E-state index contributed by atoms with van der Waals surface area (Å²) in [5.74, 6) is 0. The van der Waals surface area contributed by atoms with Crippen molar-refractivity contribution in [3.05, 3.63) is 56.4 Å². The molecule has 0 saturated heterocycles. The molecule has 0 heterocycles. The zero-order valence-corrected chi connectivity index (χ0v) is 14.1. The van der Waals surface area contributed by atoms with E-state index in [1.807, 2.05) is 0 Å². The molecule has 0 aromatic heterocycles. The molecule has 0 saturated carbocycles. The molecule has 3 nitrogen and oxygen atoms in total. The largest absolute Gasteiger partial charge is 0.280 e. The zero-order chi connectivity index (χ0) is 14.0. The van der Waals surface area contributed by atoms with Gasteiger partial charge in [0.05, 0.1) is 10.6 Å². The highest BCUT2D eigenvalue weighted by atomic mass is 79.9. The third-order valence-electron chi connectivity index (χ3n) is 2.30. The molecule has 0 aliphatic heterocycles. The summed E-state index contributed by atoms with van der Waals surface area (Å²) < 4.78 is 28.4. The Balaban J connectivity index is 2.30. The number of anilines is 1. The molecule has 0 spiro atoms. The minimum Gasteiger partial charge on any atom is -0.280 e. The summed E-state index contributed by atoms with van der Waals surface area (Å²) in [6.45, 7) is 0. The third-order valence-corrected chi connectivity index (χ3v) is 5.82. The fourth-order valence-corrected chi connectivity index (χ4v) is 3.19. The lowest BCUT2D eigenvalue weighted by Crippen LogP contribution is -2.12. The van der Waals surface area contributed by atoms with Gasteiger partial charge in [-0.15, -0.1) is 0 Å². The Morgan fingerprint density at radius 2 is 1.58 bits per heavy atom. The van der Waals surface area contributed by atoms with Crippen LogP contribution in [0.4, 0.5) is 5.69 Å². The Hall–Kier alpha value is -0.560. The van der Waals surface area contributed by atoms with Crippen LogP contribution in [0.1, 0.15) is 0 Å². The first kappa shape index (κ1) is 14.8. The molecule has 1 N–H and O–H groups in total. The topological polar surface area (TPSA) is 46.2 Å². The van der Waals surface area contributed by atoms with Crippen molar-refractivity contribution >= 4 is 59.2 Å². The van der Waals surface area contributed by atoms with Crippen LogP contribution in [-0.4, -0.2) is 8.42 Å². The highest BCUT2D eigenvalue weighted by Gasteiger charge is 2.14. The molecule has 0 radical (unpaired) electrons. The van der Waals surface area contributed by atoms with Gasteiger partial charge in [0.1, 0.15) is 0 Å². The smallest absolute Gasteiger partial charge is 0.261 e. The van der Waals surface area contributed by atoms with Gasteiger partial charge in [0.2, 0.25) is 0 Å². The van der Waals surface area contributed by atoms with Crippen molar-refractivity contribution in [2.75, 3.05) is 4.72 Å². The van der Waals surface area contributed by atoms with Gasteiger partial charge in [-0.1, -0.05) is 11.6 Å². The molecule has 0 fully saturated rings. The van der Waals surface area contributed by atoms with Gasteiger partial charge < -0.3 is 0 Å². The third kappa shape index (κ3) is 3.72. The molecule has 19 heavy (non-hydrogen) atoms. The van der Waals surface area contributed by atoms with Crippen molar-refractivity contribution in [1.29, 1.82) is 0 Å². The van der Waals surface area contributed by atoms with E-state index in [4.69, 9.17) is 11.6 Å². The fraction of sp³-hybridized carbons (Fsp3) is 0. The number of hydrogen-bond donors (Lipinski definition) is 1. The van der Waals surface area contributed by atoms with Gasteiger partial charge >= 0.3 is 0 Å². The summed E-state index contributed by atoms with van der Waals surface area (Å²) in [6, 6.07) is 11.1. The Labute approximate surface area is 133 Å². The van der Waals surface area contributed by atoms with Gasteiger partial charge in [-0.2, -0.15) is 0 Å². The van der Waals surface area contributed by atoms with Gasteiger partial charge in [0.15, 0.2) is 0 Å². The van der Waals surface area contributed by atoms with Crippen LogP contribution in [0.5, 0.6) is 0 Å². The summed E-state index contributed by atoms with van der Waals surface area (Å²) in [7, 11) is -3.60. The van der Waals surface area contributed by atoms with Crippen LogP contribution in [0, 0.1) is 0 Å². The number of rotatable bonds is 3. The average Bonchev–Trinajstić information content (AvgIpc) is 2.34. The average molecular weight is 426 g/mol. The van der Waals surface area contributed by atoms with Gasteiger partial charge in [0.25, 0.3) is 10.0 Å². The SMILES string of the molecule is O=S(=O)(Nc1ccc(Br)c(Br)c1)c1ccc(Cl)cc1. The van der Waals surface area contributed by atoms with Crippen LogP contribution >= 0.6 is 43.5 Å². The van der Waals surface area contributed by atoms with Crippen molar-refractivity contribution in [3.63, 3.8) is 0 Å². The molecular formula is C12H8Br2ClNO2S. The first-order valence-electron chi connectivity index (χ1n) is 5.12. The molecule has 0 aliphatic rings. The Kier molecular flexibility index (Phi) is 4.55. The Bertz CT molecular complexity index is 702. The molecule has 0 amide bonds. The van der Waals surface area contributed by atoms with Gasteiger partial charge in [-0.3, -0.25) is 4.72 Å². The van der Waals surface area contributed by atoms with Crippen molar-refractivity contribution in [3.8, 4) is 0 Å².